The Labute approximate surface area is 116 Å². The normalized spacial score (nSPS) is 35.6. The fraction of sp³-hybridized carbons (Fsp3) is 0.692. The number of rotatable bonds is 4. The SMILES string of the molecule is COC[C@]12CCC(C1OC)[C@H](n1ccc(N)nc1=O)O2. The zero-order chi connectivity index (χ0) is 14.3. The lowest BCUT2D eigenvalue weighted by atomic mass is 10.00. The third kappa shape index (κ3) is 1.85. The van der Waals surface area contributed by atoms with Crippen molar-refractivity contribution in [2.45, 2.75) is 30.8 Å². The summed E-state index contributed by atoms with van der Waals surface area (Å²) < 4.78 is 18.5. The van der Waals surface area contributed by atoms with Gasteiger partial charge >= 0.3 is 5.69 Å². The Balaban J connectivity index is 1.96. The van der Waals surface area contributed by atoms with E-state index in [9.17, 15) is 4.79 Å². The lowest BCUT2D eigenvalue weighted by Gasteiger charge is -2.31. The second kappa shape index (κ2) is 4.83. The number of nitrogens with two attached hydrogens (primary N) is 1. The zero-order valence-electron chi connectivity index (χ0n) is 11.6. The summed E-state index contributed by atoms with van der Waals surface area (Å²) in [7, 11) is 3.31. The molecule has 1 aliphatic carbocycles. The largest absolute Gasteiger partial charge is 0.383 e. The molecule has 2 fully saturated rings. The van der Waals surface area contributed by atoms with Gasteiger partial charge in [-0.05, 0) is 18.9 Å². The second-order valence-electron chi connectivity index (χ2n) is 5.41. The lowest BCUT2D eigenvalue weighted by Crippen LogP contribution is -2.42. The molecule has 0 radical (unpaired) electrons. The number of ether oxygens (including phenoxy) is 3. The first-order valence-electron chi connectivity index (χ1n) is 6.65. The first-order valence-corrected chi connectivity index (χ1v) is 6.65. The third-order valence-electron chi connectivity index (χ3n) is 4.30. The van der Waals surface area contributed by atoms with Gasteiger partial charge in [0.2, 0.25) is 0 Å². The van der Waals surface area contributed by atoms with Crippen LogP contribution in [0.3, 0.4) is 0 Å². The standard InChI is InChI=1S/C13H19N3O4/c1-18-7-13-5-3-8(10(13)19-2)11(20-13)16-6-4-9(14)15-12(16)17/h4,6,8,10-11H,3,5,7H2,1-2H3,(H2,14,15,17)/t8?,10?,11-,13-/m1/s1. The fourth-order valence-corrected chi connectivity index (χ4v) is 3.55. The predicted octanol–water partition coefficient (Wildman–Crippen LogP) is 0.164. The van der Waals surface area contributed by atoms with Crippen molar-refractivity contribution in [1.82, 2.24) is 9.55 Å². The maximum Gasteiger partial charge on any atom is 0.351 e. The molecule has 2 unspecified atom stereocenters. The molecule has 4 atom stereocenters. The van der Waals surface area contributed by atoms with E-state index in [1.54, 1.807) is 26.5 Å². The summed E-state index contributed by atoms with van der Waals surface area (Å²) in [5.74, 6) is 0.336. The van der Waals surface area contributed by atoms with Gasteiger partial charge in [-0.1, -0.05) is 0 Å². The van der Waals surface area contributed by atoms with E-state index in [0.29, 0.717) is 6.61 Å². The van der Waals surface area contributed by atoms with Crippen molar-refractivity contribution in [2.75, 3.05) is 26.6 Å². The summed E-state index contributed by atoms with van der Waals surface area (Å²) in [5, 5.41) is 0. The maximum atomic E-state index is 12.0. The first-order chi connectivity index (χ1) is 9.61. The highest BCUT2D eigenvalue weighted by Crippen LogP contribution is 2.53. The van der Waals surface area contributed by atoms with E-state index in [1.807, 2.05) is 0 Å². The van der Waals surface area contributed by atoms with Crippen LogP contribution in [0.1, 0.15) is 19.1 Å². The molecule has 7 nitrogen and oxygen atoms in total. The summed E-state index contributed by atoms with van der Waals surface area (Å²) in [4.78, 5) is 15.7. The Morgan fingerprint density at radius 3 is 3.05 bits per heavy atom. The minimum absolute atomic E-state index is 0.0723. The van der Waals surface area contributed by atoms with Gasteiger partial charge in [-0.2, -0.15) is 4.98 Å². The monoisotopic (exact) mass is 281 g/mol. The van der Waals surface area contributed by atoms with Crippen molar-refractivity contribution >= 4 is 5.82 Å². The van der Waals surface area contributed by atoms with Gasteiger partial charge in [-0.25, -0.2) is 4.79 Å². The van der Waals surface area contributed by atoms with Gasteiger partial charge in [-0.3, -0.25) is 4.57 Å². The molecule has 0 spiro atoms. The Hall–Kier alpha value is -1.44. The van der Waals surface area contributed by atoms with E-state index in [4.69, 9.17) is 19.9 Å². The Bertz CT molecular complexity index is 561. The number of aromatic nitrogens is 2. The molecular formula is C13H19N3O4. The Morgan fingerprint density at radius 2 is 2.40 bits per heavy atom. The van der Waals surface area contributed by atoms with Crippen LogP contribution in [0.15, 0.2) is 17.1 Å². The number of nitrogen functional groups attached to an aromatic ring is 1. The second-order valence-corrected chi connectivity index (χ2v) is 5.41. The van der Waals surface area contributed by atoms with E-state index in [-0.39, 0.29) is 24.1 Å². The summed E-state index contributed by atoms with van der Waals surface area (Å²) in [5.41, 5.74) is 4.65. The Kier molecular flexibility index (Phi) is 3.27. The molecule has 2 aliphatic rings. The van der Waals surface area contributed by atoms with Gasteiger partial charge in [0.05, 0.1) is 12.7 Å². The maximum absolute atomic E-state index is 12.0. The average Bonchev–Trinajstić information content (AvgIpc) is 2.90. The van der Waals surface area contributed by atoms with Crippen LogP contribution >= 0.6 is 0 Å². The molecular weight excluding hydrogens is 262 g/mol. The summed E-state index contributed by atoms with van der Waals surface area (Å²) >= 11 is 0. The highest BCUT2D eigenvalue weighted by Gasteiger charge is 2.61. The molecule has 0 amide bonds. The lowest BCUT2D eigenvalue weighted by molar-refractivity contribution is -0.149. The van der Waals surface area contributed by atoms with Crippen LogP contribution in [0, 0.1) is 5.92 Å². The highest BCUT2D eigenvalue weighted by atomic mass is 16.6. The number of hydrogen-bond acceptors (Lipinski definition) is 6. The molecule has 1 saturated heterocycles. The highest BCUT2D eigenvalue weighted by molar-refractivity contribution is 5.24. The van der Waals surface area contributed by atoms with Crippen LogP contribution < -0.4 is 11.4 Å². The van der Waals surface area contributed by atoms with Gasteiger partial charge in [0.15, 0.2) is 0 Å². The fourth-order valence-electron chi connectivity index (χ4n) is 3.55. The van der Waals surface area contributed by atoms with E-state index >= 15 is 0 Å². The molecule has 1 aromatic heterocycles. The van der Waals surface area contributed by atoms with E-state index in [2.05, 4.69) is 4.98 Å². The average molecular weight is 281 g/mol. The van der Waals surface area contributed by atoms with Crippen LogP contribution in [0.25, 0.3) is 0 Å². The van der Waals surface area contributed by atoms with Crippen LogP contribution in [0.5, 0.6) is 0 Å². The minimum atomic E-state index is -0.473. The zero-order valence-corrected chi connectivity index (χ0v) is 11.6. The van der Waals surface area contributed by atoms with Crippen molar-refractivity contribution in [3.05, 3.63) is 22.7 Å². The molecule has 2 bridgehead atoms. The molecule has 1 aliphatic heterocycles. The quantitative estimate of drug-likeness (QED) is 0.846. The molecule has 0 aromatic carbocycles. The van der Waals surface area contributed by atoms with Gasteiger partial charge in [0.1, 0.15) is 17.6 Å². The van der Waals surface area contributed by atoms with Crippen LogP contribution in [0.4, 0.5) is 5.82 Å². The van der Waals surface area contributed by atoms with Crippen LogP contribution in [-0.4, -0.2) is 42.1 Å². The van der Waals surface area contributed by atoms with Gasteiger partial charge in [0, 0.05) is 26.3 Å². The molecule has 2 heterocycles. The Morgan fingerprint density at radius 1 is 1.60 bits per heavy atom. The van der Waals surface area contributed by atoms with Crippen molar-refractivity contribution in [3.8, 4) is 0 Å². The number of anilines is 1. The van der Waals surface area contributed by atoms with E-state index in [0.717, 1.165) is 12.8 Å². The van der Waals surface area contributed by atoms with Crippen molar-refractivity contribution < 1.29 is 14.2 Å². The number of fused-ring (bicyclic) bond motifs is 2. The number of methoxy groups -OCH3 is 2. The molecule has 3 rings (SSSR count). The van der Waals surface area contributed by atoms with Gasteiger partial charge in [0.25, 0.3) is 0 Å². The van der Waals surface area contributed by atoms with Crippen molar-refractivity contribution in [1.29, 1.82) is 0 Å². The number of nitrogens with zero attached hydrogens (tertiary/aromatic N) is 2. The topological polar surface area (TPSA) is 88.6 Å². The smallest absolute Gasteiger partial charge is 0.351 e. The molecule has 2 N–H and O–H groups in total. The number of hydrogen-bond donors (Lipinski definition) is 1. The molecule has 1 aromatic rings. The van der Waals surface area contributed by atoms with Crippen LogP contribution in [0.2, 0.25) is 0 Å². The molecule has 110 valence electrons. The summed E-state index contributed by atoms with van der Waals surface area (Å²) in [6.45, 7) is 0.454. The van der Waals surface area contributed by atoms with E-state index in [1.165, 1.54) is 4.57 Å². The predicted molar refractivity (Wildman–Crippen MR) is 71.2 cm³/mol. The van der Waals surface area contributed by atoms with E-state index < -0.39 is 11.3 Å². The van der Waals surface area contributed by atoms with Crippen LogP contribution in [-0.2, 0) is 14.2 Å². The van der Waals surface area contributed by atoms with Gasteiger partial charge < -0.3 is 19.9 Å². The summed E-state index contributed by atoms with van der Waals surface area (Å²) in [6.07, 6.45) is 2.99. The first kappa shape index (κ1) is 13.5. The summed E-state index contributed by atoms with van der Waals surface area (Å²) in [6, 6.07) is 1.60. The third-order valence-corrected chi connectivity index (χ3v) is 4.30. The van der Waals surface area contributed by atoms with Gasteiger partial charge in [-0.15, -0.1) is 0 Å². The molecule has 1 saturated carbocycles. The van der Waals surface area contributed by atoms with Crippen molar-refractivity contribution in [2.24, 2.45) is 5.92 Å². The molecule has 7 heteroatoms. The minimum Gasteiger partial charge on any atom is -0.383 e. The van der Waals surface area contributed by atoms with Crippen molar-refractivity contribution in [3.63, 3.8) is 0 Å². The molecule has 20 heavy (non-hydrogen) atoms.